The summed E-state index contributed by atoms with van der Waals surface area (Å²) >= 11 is 0. The Bertz CT molecular complexity index is 1220. The Labute approximate surface area is 205 Å². The molecule has 0 saturated carbocycles. The van der Waals surface area contributed by atoms with Crippen molar-refractivity contribution in [3.05, 3.63) is 58.0 Å². The Morgan fingerprint density at radius 1 is 1.09 bits per heavy atom. The number of nitrogen functional groups attached to an aromatic ring is 1. The maximum Gasteiger partial charge on any atom is 0.264 e. The van der Waals surface area contributed by atoms with Crippen molar-refractivity contribution in [2.24, 2.45) is 0 Å². The fraction of sp³-hybridized carbons (Fsp3) is 0.462. The molecule has 4 N–H and O–H groups in total. The number of hydrogen-bond donors (Lipinski definition) is 3. The number of amides is 1. The monoisotopic (exact) mass is 477 g/mol. The summed E-state index contributed by atoms with van der Waals surface area (Å²) in [6.07, 6.45) is 6.02. The van der Waals surface area contributed by atoms with Crippen molar-refractivity contribution in [1.82, 2.24) is 24.8 Å². The maximum absolute atomic E-state index is 13.5. The zero-order chi connectivity index (χ0) is 24.8. The SMILES string of the molecule is CCCC(CNC(C)=O)Nc1nc(N)nc2ccn(Cc3ccc(CN4CCCC4)cc3)c(=O)c12. The van der Waals surface area contributed by atoms with Crippen LogP contribution in [-0.4, -0.2) is 51.0 Å². The zero-order valence-corrected chi connectivity index (χ0v) is 20.6. The number of aromatic nitrogens is 3. The average Bonchev–Trinajstić information content (AvgIpc) is 3.33. The highest BCUT2D eigenvalue weighted by atomic mass is 16.1. The van der Waals surface area contributed by atoms with Gasteiger partial charge in [-0.3, -0.25) is 14.5 Å². The van der Waals surface area contributed by atoms with Crippen LogP contribution in [0.3, 0.4) is 0 Å². The van der Waals surface area contributed by atoms with Gasteiger partial charge < -0.3 is 20.9 Å². The number of nitrogens with one attached hydrogen (secondary N) is 2. The van der Waals surface area contributed by atoms with Gasteiger partial charge in [-0.05, 0) is 49.5 Å². The van der Waals surface area contributed by atoms with E-state index in [0.717, 1.165) is 24.9 Å². The summed E-state index contributed by atoms with van der Waals surface area (Å²) in [5.41, 5.74) is 8.60. The van der Waals surface area contributed by atoms with Gasteiger partial charge in [0, 0.05) is 32.3 Å². The number of hydrogen-bond acceptors (Lipinski definition) is 7. The summed E-state index contributed by atoms with van der Waals surface area (Å²) < 4.78 is 1.67. The van der Waals surface area contributed by atoms with Crippen LogP contribution in [0, 0.1) is 0 Å². The highest BCUT2D eigenvalue weighted by Crippen LogP contribution is 2.20. The second kappa shape index (κ2) is 11.3. The highest BCUT2D eigenvalue weighted by molar-refractivity contribution is 5.89. The third-order valence-electron chi connectivity index (χ3n) is 6.40. The molecule has 186 valence electrons. The molecule has 2 aromatic heterocycles. The van der Waals surface area contributed by atoms with Crippen molar-refractivity contribution in [1.29, 1.82) is 0 Å². The molecule has 0 aliphatic carbocycles. The Hall–Kier alpha value is -3.46. The van der Waals surface area contributed by atoms with Crippen molar-refractivity contribution < 1.29 is 4.79 Å². The number of carbonyl (C=O) groups excluding carboxylic acids is 1. The molecule has 3 aromatic rings. The van der Waals surface area contributed by atoms with Gasteiger partial charge in [0.25, 0.3) is 5.56 Å². The molecule has 0 bridgehead atoms. The molecule has 9 nitrogen and oxygen atoms in total. The minimum absolute atomic E-state index is 0.0855. The lowest BCUT2D eigenvalue weighted by molar-refractivity contribution is -0.119. The fourth-order valence-electron chi connectivity index (χ4n) is 4.61. The lowest BCUT2D eigenvalue weighted by Crippen LogP contribution is -2.36. The smallest absolute Gasteiger partial charge is 0.264 e. The maximum atomic E-state index is 13.5. The largest absolute Gasteiger partial charge is 0.368 e. The molecule has 1 unspecified atom stereocenters. The average molecular weight is 478 g/mol. The molecule has 1 fully saturated rings. The van der Waals surface area contributed by atoms with Crippen LogP contribution in [0.25, 0.3) is 10.9 Å². The molecular formula is C26H35N7O2. The Morgan fingerprint density at radius 2 is 1.77 bits per heavy atom. The number of anilines is 2. The molecule has 1 amide bonds. The standard InChI is InChI=1S/C26H35N7O2/c1-3-6-21(15-28-18(2)34)29-24-23-22(30-26(27)31-24)11-14-33(25(23)35)17-20-9-7-19(8-10-20)16-32-12-4-5-13-32/h7-11,14,21H,3-6,12-13,15-17H2,1-2H3,(H,28,34)(H3,27,29,30,31). The first kappa shape index (κ1) is 24.7. The first-order valence-corrected chi connectivity index (χ1v) is 12.4. The van der Waals surface area contributed by atoms with E-state index in [1.807, 2.05) is 0 Å². The van der Waals surface area contributed by atoms with E-state index in [1.54, 1.807) is 16.8 Å². The minimum Gasteiger partial charge on any atom is -0.368 e. The molecular weight excluding hydrogens is 442 g/mol. The molecule has 1 aliphatic heterocycles. The van der Waals surface area contributed by atoms with Gasteiger partial charge in [-0.2, -0.15) is 4.98 Å². The molecule has 1 aromatic carbocycles. The van der Waals surface area contributed by atoms with Gasteiger partial charge >= 0.3 is 0 Å². The normalized spacial score (nSPS) is 14.8. The number of rotatable bonds is 10. The molecule has 1 saturated heterocycles. The number of carbonyl (C=O) groups is 1. The van der Waals surface area contributed by atoms with Gasteiger partial charge in [0.05, 0.1) is 12.1 Å². The second-order valence-corrected chi connectivity index (χ2v) is 9.31. The van der Waals surface area contributed by atoms with Crippen LogP contribution in [0.2, 0.25) is 0 Å². The topological polar surface area (TPSA) is 118 Å². The van der Waals surface area contributed by atoms with Crippen LogP contribution in [0.5, 0.6) is 0 Å². The number of likely N-dealkylation sites (tertiary alicyclic amines) is 1. The number of benzene rings is 1. The molecule has 4 rings (SSSR count). The molecule has 1 aliphatic rings. The molecule has 3 heterocycles. The summed E-state index contributed by atoms with van der Waals surface area (Å²) in [6.45, 7) is 7.74. The predicted molar refractivity (Wildman–Crippen MR) is 139 cm³/mol. The summed E-state index contributed by atoms with van der Waals surface area (Å²) in [5, 5.41) is 6.56. The zero-order valence-electron chi connectivity index (χ0n) is 20.6. The van der Waals surface area contributed by atoms with Crippen LogP contribution < -0.4 is 21.9 Å². The quantitative estimate of drug-likeness (QED) is 0.411. The van der Waals surface area contributed by atoms with Gasteiger partial charge in [-0.1, -0.05) is 37.6 Å². The fourth-order valence-corrected chi connectivity index (χ4v) is 4.61. The van der Waals surface area contributed by atoms with Crippen molar-refractivity contribution >= 4 is 28.6 Å². The van der Waals surface area contributed by atoms with E-state index in [-0.39, 0.29) is 23.5 Å². The third-order valence-corrected chi connectivity index (χ3v) is 6.40. The van der Waals surface area contributed by atoms with Crippen LogP contribution in [-0.2, 0) is 17.9 Å². The molecule has 0 spiro atoms. The Kier molecular flexibility index (Phi) is 7.97. The number of pyridine rings is 1. The number of fused-ring (bicyclic) bond motifs is 1. The van der Waals surface area contributed by atoms with Crippen LogP contribution >= 0.6 is 0 Å². The van der Waals surface area contributed by atoms with Gasteiger partial charge in [0.2, 0.25) is 11.9 Å². The third kappa shape index (κ3) is 6.36. The summed E-state index contributed by atoms with van der Waals surface area (Å²) in [6, 6.07) is 10.2. The number of nitrogens with zero attached hydrogens (tertiary/aromatic N) is 4. The number of nitrogens with two attached hydrogens (primary N) is 1. The van der Waals surface area contributed by atoms with Crippen molar-refractivity contribution in [2.45, 2.75) is 58.7 Å². The van der Waals surface area contributed by atoms with Crippen molar-refractivity contribution in [2.75, 3.05) is 30.7 Å². The van der Waals surface area contributed by atoms with Crippen molar-refractivity contribution in [3.8, 4) is 0 Å². The van der Waals surface area contributed by atoms with E-state index in [4.69, 9.17) is 5.73 Å². The van der Waals surface area contributed by atoms with Gasteiger partial charge in [0.1, 0.15) is 11.2 Å². The second-order valence-electron chi connectivity index (χ2n) is 9.31. The Balaban J connectivity index is 1.58. The van der Waals surface area contributed by atoms with E-state index in [0.29, 0.717) is 29.8 Å². The molecule has 35 heavy (non-hydrogen) atoms. The van der Waals surface area contributed by atoms with Crippen LogP contribution in [0.4, 0.5) is 11.8 Å². The van der Waals surface area contributed by atoms with E-state index in [2.05, 4.69) is 56.7 Å². The van der Waals surface area contributed by atoms with Gasteiger partial charge in [-0.15, -0.1) is 0 Å². The first-order valence-electron chi connectivity index (χ1n) is 12.4. The predicted octanol–water partition coefficient (Wildman–Crippen LogP) is 2.73. The highest BCUT2D eigenvalue weighted by Gasteiger charge is 2.17. The lowest BCUT2D eigenvalue weighted by Gasteiger charge is -2.20. The Morgan fingerprint density at radius 3 is 2.43 bits per heavy atom. The van der Waals surface area contributed by atoms with Crippen LogP contribution in [0.1, 0.15) is 50.7 Å². The lowest BCUT2D eigenvalue weighted by atomic mass is 10.1. The molecule has 0 radical (unpaired) electrons. The van der Waals surface area contributed by atoms with Gasteiger partial charge in [-0.25, -0.2) is 4.98 Å². The molecule has 1 atom stereocenters. The van der Waals surface area contributed by atoms with Crippen molar-refractivity contribution in [3.63, 3.8) is 0 Å². The first-order chi connectivity index (χ1) is 16.9. The summed E-state index contributed by atoms with van der Waals surface area (Å²) in [5.74, 6) is 0.394. The summed E-state index contributed by atoms with van der Waals surface area (Å²) in [4.78, 5) is 36.0. The van der Waals surface area contributed by atoms with E-state index < -0.39 is 0 Å². The van der Waals surface area contributed by atoms with E-state index in [1.165, 1.54) is 38.4 Å². The summed E-state index contributed by atoms with van der Waals surface area (Å²) in [7, 11) is 0. The van der Waals surface area contributed by atoms with E-state index >= 15 is 0 Å². The van der Waals surface area contributed by atoms with Crippen LogP contribution in [0.15, 0.2) is 41.3 Å². The van der Waals surface area contributed by atoms with E-state index in [9.17, 15) is 9.59 Å². The molecule has 9 heteroatoms. The van der Waals surface area contributed by atoms with Gasteiger partial charge in [0.15, 0.2) is 0 Å². The minimum atomic E-state index is -0.180.